The molecule has 1 aromatic heterocycles. The van der Waals surface area contributed by atoms with E-state index in [1.807, 2.05) is 32.0 Å². The number of fused-ring (bicyclic) bond motifs is 1. The topological polar surface area (TPSA) is 44.1 Å². The lowest BCUT2D eigenvalue weighted by Gasteiger charge is -2.38. The molecule has 1 heterocycles. The highest BCUT2D eigenvalue weighted by Crippen LogP contribution is 2.45. The second-order valence-electron chi connectivity index (χ2n) is 5.44. The third-order valence-electron chi connectivity index (χ3n) is 4.33. The Morgan fingerprint density at radius 3 is 2.76 bits per heavy atom. The average molecular weight is 307 g/mol. The van der Waals surface area contributed by atoms with E-state index in [-0.39, 0.29) is 5.97 Å². The normalized spacial score (nSPS) is 16.7. The van der Waals surface area contributed by atoms with Crippen LogP contribution in [0.3, 0.4) is 0 Å². The number of halogens is 1. The number of rotatable bonds is 4. The molecule has 0 radical (unpaired) electrons. The fourth-order valence-electron chi connectivity index (χ4n) is 3.13. The number of nitrogens with zero attached hydrogens (tertiary/aromatic N) is 2. The number of aromatic nitrogens is 2. The molecule has 1 aromatic carbocycles. The SMILES string of the molecule is CCOC(=O)C1(c2nc3cccc(Cl)c3n2CC)CCC1. The highest BCUT2D eigenvalue weighted by molar-refractivity contribution is 6.35. The maximum absolute atomic E-state index is 12.5. The lowest BCUT2D eigenvalue weighted by atomic mass is 9.68. The fraction of sp³-hybridized carbons (Fsp3) is 0.500. The molecule has 0 aliphatic heterocycles. The first kappa shape index (κ1) is 14.4. The zero-order valence-electron chi connectivity index (χ0n) is 12.4. The summed E-state index contributed by atoms with van der Waals surface area (Å²) in [7, 11) is 0. The van der Waals surface area contributed by atoms with Gasteiger partial charge in [0, 0.05) is 6.54 Å². The highest BCUT2D eigenvalue weighted by Gasteiger charge is 2.50. The second-order valence-corrected chi connectivity index (χ2v) is 5.85. The molecule has 4 nitrogen and oxygen atoms in total. The summed E-state index contributed by atoms with van der Waals surface area (Å²) in [4.78, 5) is 17.2. The maximum atomic E-state index is 12.5. The van der Waals surface area contributed by atoms with Crippen LogP contribution in [-0.2, 0) is 21.5 Å². The number of carbonyl (C=O) groups excluding carboxylic acids is 1. The molecule has 1 fully saturated rings. The lowest BCUT2D eigenvalue weighted by molar-refractivity contribution is -0.154. The molecule has 1 aliphatic rings. The Hall–Kier alpha value is -1.55. The molecule has 1 saturated carbocycles. The minimum Gasteiger partial charge on any atom is -0.465 e. The van der Waals surface area contributed by atoms with Crippen LogP contribution in [-0.4, -0.2) is 22.1 Å². The van der Waals surface area contributed by atoms with E-state index in [1.165, 1.54) is 0 Å². The summed E-state index contributed by atoms with van der Waals surface area (Å²) in [5.74, 6) is 0.648. The summed E-state index contributed by atoms with van der Waals surface area (Å²) in [5, 5.41) is 0.673. The van der Waals surface area contributed by atoms with E-state index in [0.29, 0.717) is 11.6 Å². The van der Waals surface area contributed by atoms with Gasteiger partial charge in [-0.3, -0.25) is 4.79 Å². The van der Waals surface area contributed by atoms with E-state index >= 15 is 0 Å². The molecule has 21 heavy (non-hydrogen) atoms. The Balaban J connectivity index is 2.19. The van der Waals surface area contributed by atoms with Crippen molar-refractivity contribution in [2.75, 3.05) is 6.61 Å². The summed E-state index contributed by atoms with van der Waals surface area (Å²) < 4.78 is 7.37. The first-order valence-corrected chi connectivity index (χ1v) is 7.84. The van der Waals surface area contributed by atoms with Gasteiger partial charge in [0.25, 0.3) is 0 Å². The molecule has 0 spiro atoms. The Morgan fingerprint density at radius 1 is 1.43 bits per heavy atom. The molecule has 0 bridgehead atoms. The van der Waals surface area contributed by atoms with Gasteiger partial charge in [-0.25, -0.2) is 4.98 Å². The van der Waals surface area contributed by atoms with E-state index in [1.54, 1.807) is 0 Å². The van der Waals surface area contributed by atoms with Crippen LogP contribution in [0.1, 0.15) is 38.9 Å². The van der Waals surface area contributed by atoms with Crippen molar-refractivity contribution in [1.29, 1.82) is 0 Å². The molecule has 0 atom stereocenters. The quantitative estimate of drug-likeness (QED) is 0.809. The van der Waals surface area contributed by atoms with Gasteiger partial charge in [-0.2, -0.15) is 0 Å². The van der Waals surface area contributed by atoms with Crippen LogP contribution in [0, 0.1) is 0 Å². The van der Waals surface area contributed by atoms with Gasteiger partial charge >= 0.3 is 5.97 Å². The standard InChI is InChI=1S/C16H19ClN2O2/c1-3-19-13-11(17)7-5-8-12(13)18-14(19)16(9-6-10-16)15(20)21-4-2/h5,7-8H,3-4,6,9-10H2,1-2H3. The monoisotopic (exact) mass is 306 g/mol. The van der Waals surface area contributed by atoms with Gasteiger partial charge in [-0.15, -0.1) is 0 Å². The van der Waals surface area contributed by atoms with Gasteiger partial charge in [-0.05, 0) is 38.8 Å². The zero-order valence-corrected chi connectivity index (χ0v) is 13.1. The van der Waals surface area contributed by atoms with Crippen molar-refractivity contribution >= 4 is 28.6 Å². The van der Waals surface area contributed by atoms with Crippen LogP contribution in [0.15, 0.2) is 18.2 Å². The minimum absolute atomic E-state index is 0.155. The third-order valence-corrected chi connectivity index (χ3v) is 4.64. The lowest BCUT2D eigenvalue weighted by Crippen LogP contribution is -2.45. The molecule has 1 aliphatic carbocycles. The first-order valence-electron chi connectivity index (χ1n) is 7.46. The van der Waals surface area contributed by atoms with Gasteiger partial charge < -0.3 is 9.30 Å². The molecule has 112 valence electrons. The molecule has 5 heteroatoms. The molecule has 0 saturated heterocycles. The van der Waals surface area contributed by atoms with Crippen LogP contribution >= 0.6 is 11.6 Å². The Morgan fingerprint density at radius 2 is 2.19 bits per heavy atom. The molecule has 2 aromatic rings. The number of esters is 1. The van der Waals surface area contributed by atoms with Crippen LogP contribution in [0.5, 0.6) is 0 Å². The van der Waals surface area contributed by atoms with Crippen LogP contribution < -0.4 is 0 Å². The van der Waals surface area contributed by atoms with Crippen molar-refractivity contribution in [3.63, 3.8) is 0 Å². The zero-order chi connectivity index (χ0) is 15.0. The van der Waals surface area contributed by atoms with Crippen molar-refractivity contribution in [1.82, 2.24) is 9.55 Å². The van der Waals surface area contributed by atoms with Gasteiger partial charge in [0.2, 0.25) is 0 Å². The number of carbonyl (C=O) groups is 1. The van der Waals surface area contributed by atoms with Gasteiger partial charge in [0.05, 0.1) is 22.7 Å². The smallest absolute Gasteiger partial charge is 0.319 e. The van der Waals surface area contributed by atoms with E-state index in [9.17, 15) is 4.79 Å². The number of ether oxygens (including phenoxy) is 1. The maximum Gasteiger partial charge on any atom is 0.319 e. The predicted octanol–water partition coefficient (Wildman–Crippen LogP) is 3.69. The van der Waals surface area contributed by atoms with Crippen LogP contribution in [0.2, 0.25) is 5.02 Å². The van der Waals surface area contributed by atoms with E-state index in [4.69, 9.17) is 21.3 Å². The van der Waals surface area contributed by atoms with E-state index < -0.39 is 5.41 Å². The highest BCUT2D eigenvalue weighted by atomic mass is 35.5. The Labute approximate surface area is 129 Å². The summed E-state index contributed by atoms with van der Waals surface area (Å²) in [6.45, 7) is 5.01. The number of imidazole rings is 1. The second kappa shape index (κ2) is 5.34. The molecular formula is C16H19ClN2O2. The molecule has 0 N–H and O–H groups in total. The Kier molecular flexibility index (Phi) is 3.66. The summed E-state index contributed by atoms with van der Waals surface area (Å²) in [6, 6.07) is 5.69. The van der Waals surface area contributed by atoms with Crippen molar-refractivity contribution < 1.29 is 9.53 Å². The largest absolute Gasteiger partial charge is 0.465 e. The first-order chi connectivity index (χ1) is 10.1. The average Bonchev–Trinajstić information content (AvgIpc) is 2.78. The van der Waals surface area contributed by atoms with Crippen molar-refractivity contribution in [3.05, 3.63) is 29.0 Å². The van der Waals surface area contributed by atoms with Gasteiger partial charge in [0.15, 0.2) is 0 Å². The molecule has 0 amide bonds. The molecule has 0 unspecified atom stereocenters. The van der Waals surface area contributed by atoms with Crippen molar-refractivity contribution in [2.24, 2.45) is 0 Å². The molecule has 3 rings (SSSR count). The van der Waals surface area contributed by atoms with Crippen molar-refractivity contribution in [2.45, 2.75) is 45.1 Å². The summed E-state index contributed by atoms with van der Waals surface area (Å²) in [5.41, 5.74) is 1.16. The third kappa shape index (κ3) is 2.04. The van der Waals surface area contributed by atoms with E-state index in [2.05, 4.69) is 4.57 Å². The predicted molar refractivity (Wildman–Crippen MR) is 82.6 cm³/mol. The number of benzene rings is 1. The summed E-state index contributed by atoms with van der Waals surface area (Å²) in [6.07, 6.45) is 2.62. The van der Waals surface area contributed by atoms with Crippen LogP contribution in [0.25, 0.3) is 11.0 Å². The van der Waals surface area contributed by atoms with Crippen LogP contribution in [0.4, 0.5) is 0 Å². The molecular weight excluding hydrogens is 288 g/mol. The number of hydrogen-bond donors (Lipinski definition) is 0. The van der Waals surface area contributed by atoms with Gasteiger partial charge in [0.1, 0.15) is 11.2 Å². The van der Waals surface area contributed by atoms with Gasteiger partial charge in [-0.1, -0.05) is 24.1 Å². The number of para-hydroxylation sites is 1. The minimum atomic E-state index is -0.589. The number of aryl methyl sites for hydroxylation is 1. The Bertz CT molecular complexity index is 689. The fourth-order valence-corrected chi connectivity index (χ4v) is 3.41. The van der Waals surface area contributed by atoms with Crippen molar-refractivity contribution in [3.8, 4) is 0 Å². The number of hydrogen-bond acceptors (Lipinski definition) is 3. The summed E-state index contributed by atoms with van der Waals surface area (Å²) >= 11 is 6.33. The van der Waals surface area contributed by atoms with E-state index in [0.717, 1.165) is 42.7 Å².